The fourth-order valence-electron chi connectivity index (χ4n) is 1.83. The molecule has 0 bridgehead atoms. The molecule has 114 valence electrons. The molecule has 1 amide bonds. The molecule has 0 aliphatic heterocycles. The van der Waals surface area contributed by atoms with Crippen molar-refractivity contribution in [1.29, 1.82) is 0 Å². The van der Waals surface area contributed by atoms with Gasteiger partial charge in [0.1, 0.15) is 0 Å². The predicted octanol–water partition coefficient (Wildman–Crippen LogP) is 1.79. The molecule has 0 aliphatic carbocycles. The smallest absolute Gasteiger partial charge is 0.252 e. The number of benzene rings is 1. The van der Waals surface area contributed by atoms with Crippen LogP contribution in [0.2, 0.25) is 0 Å². The Morgan fingerprint density at radius 2 is 2.10 bits per heavy atom. The molecule has 1 rings (SSSR count). The van der Waals surface area contributed by atoms with E-state index in [2.05, 4.69) is 31.0 Å². The third-order valence-corrected chi connectivity index (χ3v) is 3.12. The molecule has 3 N–H and O–H groups in total. The van der Waals surface area contributed by atoms with Crippen LogP contribution in [0, 0.1) is 17.8 Å². The van der Waals surface area contributed by atoms with Crippen LogP contribution < -0.4 is 11.1 Å². The van der Waals surface area contributed by atoms with E-state index >= 15 is 0 Å². The van der Waals surface area contributed by atoms with Crippen LogP contribution in [0.5, 0.6) is 0 Å². The molecule has 0 aliphatic rings. The molecule has 0 saturated heterocycles. The molecular formula is C17H24N2O2. The van der Waals surface area contributed by atoms with Crippen molar-refractivity contribution in [1.82, 2.24) is 5.32 Å². The molecule has 1 atom stereocenters. The number of nitrogens with one attached hydrogen (secondary N) is 1. The van der Waals surface area contributed by atoms with Crippen LogP contribution in [-0.4, -0.2) is 31.7 Å². The summed E-state index contributed by atoms with van der Waals surface area (Å²) >= 11 is 0. The van der Waals surface area contributed by atoms with Crippen LogP contribution in [-0.2, 0) is 4.74 Å². The molecular weight excluding hydrogens is 264 g/mol. The van der Waals surface area contributed by atoms with Gasteiger partial charge in [0.2, 0.25) is 0 Å². The van der Waals surface area contributed by atoms with Gasteiger partial charge in [0.15, 0.2) is 0 Å². The van der Waals surface area contributed by atoms with Crippen molar-refractivity contribution in [3.05, 3.63) is 35.4 Å². The van der Waals surface area contributed by atoms with E-state index in [9.17, 15) is 4.79 Å². The largest absolute Gasteiger partial charge is 0.380 e. The Morgan fingerprint density at radius 1 is 1.38 bits per heavy atom. The van der Waals surface area contributed by atoms with E-state index in [1.165, 1.54) is 0 Å². The average molecular weight is 288 g/mol. The van der Waals surface area contributed by atoms with Gasteiger partial charge >= 0.3 is 0 Å². The number of amides is 1. The first kappa shape index (κ1) is 17.2. The van der Waals surface area contributed by atoms with Gasteiger partial charge in [-0.2, -0.15) is 0 Å². The van der Waals surface area contributed by atoms with Crippen LogP contribution in [0.1, 0.15) is 36.7 Å². The third-order valence-electron chi connectivity index (χ3n) is 3.12. The van der Waals surface area contributed by atoms with Gasteiger partial charge in [0.05, 0.1) is 24.8 Å². The molecule has 1 unspecified atom stereocenters. The number of rotatable bonds is 6. The van der Waals surface area contributed by atoms with Gasteiger partial charge in [-0.15, -0.1) is 0 Å². The lowest BCUT2D eigenvalue weighted by atomic mass is 10.0. The Balaban J connectivity index is 2.87. The minimum atomic E-state index is -0.129. The number of nitrogens with two attached hydrogens (primary N) is 1. The average Bonchev–Trinajstić information content (AvgIpc) is 2.49. The molecule has 0 radical (unpaired) electrons. The van der Waals surface area contributed by atoms with E-state index < -0.39 is 0 Å². The zero-order valence-electron chi connectivity index (χ0n) is 13.0. The van der Waals surface area contributed by atoms with E-state index in [0.29, 0.717) is 30.3 Å². The second-order valence-electron chi connectivity index (χ2n) is 5.03. The number of carbonyl (C=O) groups is 1. The van der Waals surface area contributed by atoms with Crippen molar-refractivity contribution in [3.8, 4) is 11.8 Å². The molecule has 1 aromatic carbocycles. The summed E-state index contributed by atoms with van der Waals surface area (Å²) in [6.07, 6.45) is 0. The lowest BCUT2D eigenvalue weighted by Gasteiger charge is -2.22. The van der Waals surface area contributed by atoms with E-state index in [0.717, 1.165) is 0 Å². The maximum Gasteiger partial charge on any atom is 0.252 e. The highest BCUT2D eigenvalue weighted by Crippen LogP contribution is 2.10. The molecule has 0 saturated carbocycles. The first-order valence-electron chi connectivity index (χ1n) is 7.26. The van der Waals surface area contributed by atoms with Crippen LogP contribution in [0.25, 0.3) is 0 Å². The van der Waals surface area contributed by atoms with Crippen LogP contribution in [0.15, 0.2) is 24.3 Å². The van der Waals surface area contributed by atoms with Crippen molar-refractivity contribution in [3.63, 3.8) is 0 Å². The molecule has 4 nitrogen and oxygen atoms in total. The van der Waals surface area contributed by atoms with Crippen LogP contribution in [0.3, 0.4) is 0 Å². The summed E-state index contributed by atoms with van der Waals surface area (Å²) in [5, 5.41) is 3.02. The van der Waals surface area contributed by atoms with E-state index in [1.54, 1.807) is 6.07 Å². The molecule has 0 fully saturated rings. The highest BCUT2D eigenvalue weighted by Gasteiger charge is 2.18. The normalized spacial score (nSPS) is 11.7. The van der Waals surface area contributed by atoms with Gasteiger partial charge in [0.25, 0.3) is 5.91 Å². The van der Waals surface area contributed by atoms with E-state index in [4.69, 9.17) is 10.5 Å². The topological polar surface area (TPSA) is 64.3 Å². The zero-order valence-corrected chi connectivity index (χ0v) is 13.0. The van der Waals surface area contributed by atoms with Gasteiger partial charge in [-0.25, -0.2) is 0 Å². The Hall–Kier alpha value is -1.83. The first-order chi connectivity index (χ1) is 10.1. The van der Waals surface area contributed by atoms with Crippen molar-refractivity contribution in [2.75, 3.05) is 19.8 Å². The maximum atomic E-state index is 12.4. The molecule has 0 spiro atoms. The highest BCUT2D eigenvalue weighted by atomic mass is 16.5. The third kappa shape index (κ3) is 5.58. The molecule has 21 heavy (non-hydrogen) atoms. The van der Waals surface area contributed by atoms with Gasteiger partial charge in [-0.3, -0.25) is 4.79 Å². The summed E-state index contributed by atoms with van der Waals surface area (Å²) in [6.45, 7) is 7.48. The Labute approximate surface area is 127 Å². The van der Waals surface area contributed by atoms with Crippen LogP contribution in [0.4, 0.5) is 0 Å². The summed E-state index contributed by atoms with van der Waals surface area (Å²) in [6, 6.07) is 7.26. The van der Waals surface area contributed by atoms with Crippen molar-refractivity contribution in [2.24, 2.45) is 11.7 Å². The van der Waals surface area contributed by atoms with Gasteiger partial charge in [0, 0.05) is 12.2 Å². The summed E-state index contributed by atoms with van der Waals surface area (Å²) in [7, 11) is 0. The maximum absolute atomic E-state index is 12.4. The second kappa shape index (κ2) is 9.17. The highest BCUT2D eigenvalue weighted by molar-refractivity contribution is 5.96. The van der Waals surface area contributed by atoms with E-state index in [1.807, 2.05) is 25.1 Å². The summed E-state index contributed by atoms with van der Waals surface area (Å²) in [5.41, 5.74) is 6.65. The fraction of sp³-hybridized carbons (Fsp3) is 0.471. The van der Waals surface area contributed by atoms with Gasteiger partial charge in [-0.1, -0.05) is 37.8 Å². The minimum absolute atomic E-state index is 0.0204. The summed E-state index contributed by atoms with van der Waals surface area (Å²) < 4.78 is 5.43. The SMILES string of the molecule is CCOCC(NC(=O)c1ccccc1C#CCN)C(C)C. The van der Waals surface area contributed by atoms with Crippen molar-refractivity contribution >= 4 is 5.91 Å². The molecule has 0 heterocycles. The lowest BCUT2D eigenvalue weighted by Crippen LogP contribution is -2.42. The van der Waals surface area contributed by atoms with Crippen LogP contribution >= 0.6 is 0 Å². The molecule has 1 aromatic rings. The number of hydrogen-bond donors (Lipinski definition) is 2. The zero-order chi connectivity index (χ0) is 15.7. The van der Waals surface area contributed by atoms with Gasteiger partial charge < -0.3 is 15.8 Å². The molecule has 0 aromatic heterocycles. The van der Waals surface area contributed by atoms with E-state index in [-0.39, 0.29) is 18.5 Å². The number of ether oxygens (including phenoxy) is 1. The first-order valence-corrected chi connectivity index (χ1v) is 7.26. The fourth-order valence-corrected chi connectivity index (χ4v) is 1.83. The lowest BCUT2D eigenvalue weighted by molar-refractivity contribution is 0.0806. The Bertz CT molecular complexity index is 515. The predicted molar refractivity (Wildman–Crippen MR) is 85.0 cm³/mol. The van der Waals surface area contributed by atoms with Gasteiger partial charge in [-0.05, 0) is 25.0 Å². The minimum Gasteiger partial charge on any atom is -0.380 e. The summed E-state index contributed by atoms with van der Waals surface area (Å²) in [4.78, 5) is 12.4. The molecule has 4 heteroatoms. The number of hydrogen-bond acceptors (Lipinski definition) is 3. The Morgan fingerprint density at radius 3 is 2.71 bits per heavy atom. The monoisotopic (exact) mass is 288 g/mol. The van der Waals surface area contributed by atoms with Crippen molar-refractivity contribution in [2.45, 2.75) is 26.8 Å². The quantitative estimate of drug-likeness (QED) is 0.784. The Kier molecular flexibility index (Phi) is 7.52. The second-order valence-corrected chi connectivity index (χ2v) is 5.03. The standard InChI is InChI=1S/C17H24N2O2/c1-4-21-12-16(13(2)3)19-17(20)15-10-6-5-8-14(15)9-7-11-18/h5-6,8,10,13,16H,4,11-12,18H2,1-3H3,(H,19,20). The van der Waals surface area contributed by atoms with Crippen molar-refractivity contribution < 1.29 is 9.53 Å². The number of carbonyl (C=O) groups excluding carboxylic acids is 1. The summed E-state index contributed by atoms with van der Waals surface area (Å²) in [5.74, 6) is 5.88.